The second-order valence-electron chi connectivity index (χ2n) is 9.94. The maximum atomic E-state index is 12.4. The number of hydrogen-bond donors (Lipinski definition) is 4. The van der Waals surface area contributed by atoms with Crippen molar-refractivity contribution in [3.63, 3.8) is 0 Å². The van der Waals surface area contributed by atoms with Crippen LogP contribution < -0.4 is 30.3 Å². The van der Waals surface area contributed by atoms with Gasteiger partial charge in [0.15, 0.2) is 17.7 Å². The molecule has 2 amide bonds. The van der Waals surface area contributed by atoms with Crippen LogP contribution in [-0.2, 0) is 16.1 Å². The van der Waals surface area contributed by atoms with Gasteiger partial charge in [-0.1, -0.05) is 6.07 Å². The summed E-state index contributed by atoms with van der Waals surface area (Å²) in [4.78, 5) is 35.0. The first-order chi connectivity index (χ1) is 22.5. The molecule has 0 saturated carbocycles. The fourth-order valence-electron chi connectivity index (χ4n) is 4.48. The Bertz CT molecular complexity index is 1680. The van der Waals surface area contributed by atoms with E-state index in [0.29, 0.717) is 49.6 Å². The molecule has 1 aliphatic rings. The molecule has 248 valence electrons. The van der Waals surface area contributed by atoms with Crippen molar-refractivity contribution in [2.75, 3.05) is 20.3 Å². The van der Waals surface area contributed by atoms with Gasteiger partial charge in [-0.3, -0.25) is 15.5 Å². The second-order valence-corrected chi connectivity index (χ2v) is 11.6. The summed E-state index contributed by atoms with van der Waals surface area (Å²) in [6, 6.07) is 13.4. The van der Waals surface area contributed by atoms with Crippen molar-refractivity contribution in [3.05, 3.63) is 102 Å². The normalized spacial score (nSPS) is 15.0. The summed E-state index contributed by atoms with van der Waals surface area (Å²) in [5.41, 5.74) is 5.25. The number of nitro groups is 1. The van der Waals surface area contributed by atoms with Crippen molar-refractivity contribution in [2.24, 2.45) is 5.10 Å². The van der Waals surface area contributed by atoms with Crippen LogP contribution in [0.1, 0.15) is 36.6 Å². The maximum absolute atomic E-state index is 12.4. The van der Waals surface area contributed by atoms with Crippen molar-refractivity contribution in [2.45, 2.75) is 32.7 Å². The zero-order valence-corrected chi connectivity index (χ0v) is 28.6. The Kier molecular flexibility index (Phi) is 12.2. The molecule has 0 aliphatic carbocycles. The molecule has 16 heteroatoms. The zero-order chi connectivity index (χ0) is 34.1. The summed E-state index contributed by atoms with van der Waals surface area (Å²) in [6.45, 7) is 3.74. The quantitative estimate of drug-likeness (QED) is 0.0557. The molecule has 1 heterocycles. The molecule has 0 unspecified atom stereocenters. The van der Waals surface area contributed by atoms with Crippen molar-refractivity contribution in [1.29, 1.82) is 0 Å². The summed E-state index contributed by atoms with van der Waals surface area (Å²) in [7, 11) is 1.26. The van der Waals surface area contributed by atoms with E-state index in [9.17, 15) is 24.8 Å². The van der Waals surface area contributed by atoms with Gasteiger partial charge in [-0.25, -0.2) is 9.59 Å². The fraction of sp³-hybridized carbons (Fsp3) is 0.258. The average Bonchev–Trinajstić information content (AvgIpc) is 3.03. The Labute approximate surface area is 286 Å². The van der Waals surface area contributed by atoms with Gasteiger partial charge in [0.1, 0.15) is 19.0 Å². The number of non-ortho nitro benzene ring substituents is 1. The molecule has 3 aromatic rings. The number of aliphatic hydroxyl groups is 1. The van der Waals surface area contributed by atoms with Gasteiger partial charge < -0.3 is 34.7 Å². The molecular weight excluding hydrogens is 746 g/mol. The summed E-state index contributed by atoms with van der Waals surface area (Å²) < 4.78 is 23.6. The molecule has 14 nitrogen and oxygen atoms in total. The first-order valence-electron chi connectivity index (χ1n) is 14.1. The summed E-state index contributed by atoms with van der Waals surface area (Å²) in [5, 5.41) is 30.7. The molecule has 3 aromatic carbocycles. The van der Waals surface area contributed by atoms with Crippen LogP contribution in [0.3, 0.4) is 0 Å². The molecule has 4 N–H and O–H groups in total. The second kappa shape index (κ2) is 16.2. The van der Waals surface area contributed by atoms with E-state index >= 15 is 0 Å². The van der Waals surface area contributed by atoms with Crippen LogP contribution in [0.15, 0.2) is 79.9 Å². The van der Waals surface area contributed by atoms with E-state index in [1.165, 1.54) is 25.5 Å². The van der Waals surface area contributed by atoms with Gasteiger partial charge in [0, 0.05) is 17.8 Å². The minimum atomic E-state index is -1.18. The molecule has 47 heavy (non-hydrogen) atoms. The van der Waals surface area contributed by atoms with Crippen LogP contribution in [0.25, 0.3) is 0 Å². The number of hydrogen-bond acceptors (Lipinski definition) is 11. The van der Waals surface area contributed by atoms with Crippen LogP contribution in [0.4, 0.5) is 10.5 Å². The fourth-order valence-corrected chi connectivity index (χ4v) is 5.93. The number of aliphatic hydroxyl groups excluding tert-OH is 1. The van der Waals surface area contributed by atoms with Crippen LogP contribution in [0, 0.1) is 10.1 Å². The van der Waals surface area contributed by atoms with E-state index in [-0.39, 0.29) is 24.5 Å². The van der Waals surface area contributed by atoms with Crippen molar-refractivity contribution in [3.8, 4) is 17.2 Å². The third-order valence-corrected chi connectivity index (χ3v) is 7.84. The maximum Gasteiger partial charge on any atom is 0.337 e. The van der Waals surface area contributed by atoms with E-state index in [1.807, 2.05) is 0 Å². The highest BCUT2D eigenvalue weighted by atomic mass is 79.9. The van der Waals surface area contributed by atoms with Crippen LogP contribution >= 0.6 is 31.9 Å². The predicted molar refractivity (Wildman–Crippen MR) is 178 cm³/mol. The third-order valence-electron chi connectivity index (χ3n) is 6.66. The molecule has 2 atom stereocenters. The van der Waals surface area contributed by atoms with Gasteiger partial charge in [0.2, 0.25) is 0 Å². The molecule has 1 aliphatic heterocycles. The topological polar surface area (TPSA) is 183 Å². The van der Waals surface area contributed by atoms with E-state index in [2.05, 4.69) is 53.0 Å². The number of allylic oxidation sites excluding steroid dienone is 1. The molecule has 0 bridgehead atoms. The number of nitrogens with one attached hydrogen (secondary N) is 3. The number of benzene rings is 3. The minimum Gasteiger partial charge on any atom is -0.490 e. The number of halogens is 2. The Morgan fingerprint density at radius 2 is 1.81 bits per heavy atom. The molecule has 0 spiro atoms. The Morgan fingerprint density at radius 1 is 1.11 bits per heavy atom. The number of carbonyl (C=O) groups is 2. The molecular formula is C31H31Br2N5O9. The lowest BCUT2D eigenvalue weighted by molar-refractivity contribution is -0.384. The van der Waals surface area contributed by atoms with Crippen molar-refractivity contribution < 1.29 is 38.6 Å². The first-order valence-corrected chi connectivity index (χ1v) is 15.7. The summed E-state index contributed by atoms with van der Waals surface area (Å²) in [5.74, 6) is 0.629. The van der Waals surface area contributed by atoms with Crippen LogP contribution in [-0.4, -0.2) is 54.8 Å². The Balaban J connectivity index is 1.36. The van der Waals surface area contributed by atoms with Gasteiger partial charge in [-0.2, -0.15) is 5.10 Å². The van der Waals surface area contributed by atoms with Crippen molar-refractivity contribution >= 4 is 55.8 Å². The lowest BCUT2D eigenvalue weighted by atomic mass is 9.95. The van der Waals surface area contributed by atoms with E-state index < -0.39 is 29.2 Å². The smallest absolute Gasteiger partial charge is 0.337 e. The summed E-state index contributed by atoms with van der Waals surface area (Å²) in [6.07, 6.45) is 0.317. The molecule has 0 radical (unpaired) electrons. The zero-order valence-electron chi connectivity index (χ0n) is 25.4. The number of urea groups is 1. The largest absolute Gasteiger partial charge is 0.490 e. The average molecular weight is 777 g/mol. The highest BCUT2D eigenvalue weighted by Crippen LogP contribution is 2.36. The van der Waals surface area contributed by atoms with E-state index in [0.717, 1.165) is 5.56 Å². The van der Waals surface area contributed by atoms with Gasteiger partial charge in [-0.15, -0.1) is 0 Å². The Morgan fingerprint density at radius 3 is 2.45 bits per heavy atom. The van der Waals surface area contributed by atoms with Gasteiger partial charge in [-0.05, 0) is 98.8 Å². The first kappa shape index (κ1) is 35.2. The monoisotopic (exact) mass is 775 g/mol. The number of nitrogens with zero attached hydrogens (tertiary/aromatic N) is 2. The lowest BCUT2D eigenvalue weighted by Crippen LogP contribution is -2.45. The number of carbonyl (C=O) groups excluding carboxylic acids is 2. The van der Waals surface area contributed by atoms with Gasteiger partial charge in [0.25, 0.3) is 5.69 Å². The molecule has 4 rings (SSSR count). The Hall–Kier alpha value is -4.67. The number of esters is 1. The van der Waals surface area contributed by atoms with Gasteiger partial charge >= 0.3 is 12.0 Å². The third kappa shape index (κ3) is 9.21. The van der Waals surface area contributed by atoms with Crippen molar-refractivity contribution in [1.82, 2.24) is 16.1 Å². The predicted octanol–water partition coefficient (Wildman–Crippen LogP) is 5.22. The minimum absolute atomic E-state index is 0.00373. The van der Waals surface area contributed by atoms with Crippen LogP contribution in [0.2, 0.25) is 0 Å². The molecule has 0 fully saturated rings. The van der Waals surface area contributed by atoms with Crippen LogP contribution in [0.5, 0.6) is 17.2 Å². The molecule has 0 aromatic heterocycles. The van der Waals surface area contributed by atoms with E-state index in [4.69, 9.17) is 18.9 Å². The lowest BCUT2D eigenvalue weighted by Gasteiger charge is -2.28. The highest BCUT2D eigenvalue weighted by Gasteiger charge is 2.32. The highest BCUT2D eigenvalue weighted by molar-refractivity contribution is 9.11. The number of rotatable bonds is 14. The number of methoxy groups -OCH3 is 1. The number of hydrazone groups is 1. The van der Waals surface area contributed by atoms with E-state index in [1.54, 1.807) is 56.3 Å². The molecule has 0 saturated heterocycles. The number of amides is 2. The standard InChI is InChI=1S/C31H31Br2N5O9/c1-4-45-25-13-20(28-27(30(40)44-3)17(2)35-31(41)36-28)7-10-24(25)46-16-26(39)37-34-14-19-11-22(32)29(23(33)12-19)47-15-18-5-8-21(9-6-18)38(42)43/h5-14,26,28,37,39H,4,15-16H2,1-3H3,(H2,35,36,41)/b34-14-/t26-,28+/m1/s1. The summed E-state index contributed by atoms with van der Waals surface area (Å²) >= 11 is 6.97. The SMILES string of the molecule is CCOc1cc([C@@H]2NC(=O)NC(C)=C2C(=O)OC)ccc1OC[C@@H](O)N/N=C\c1cc(Br)c(OCc2ccc([N+](=O)[O-])cc2)c(Br)c1. The van der Waals surface area contributed by atoms with Gasteiger partial charge in [0.05, 0.1) is 45.4 Å². The number of nitro benzene ring substituents is 1. The number of ether oxygens (including phenoxy) is 4.